The molecule has 0 aromatic heterocycles. The highest BCUT2D eigenvalue weighted by Crippen LogP contribution is 2.32. The molecule has 1 amide bonds. The Morgan fingerprint density at radius 2 is 1.69 bits per heavy atom. The van der Waals surface area contributed by atoms with E-state index in [9.17, 15) is 26.4 Å². The number of hydrogen-bond acceptors (Lipinski definition) is 5. The summed E-state index contributed by atoms with van der Waals surface area (Å²) in [6, 6.07) is 8.63. The third-order valence-corrected chi connectivity index (χ3v) is 7.04. The van der Waals surface area contributed by atoms with Gasteiger partial charge in [-0.2, -0.15) is 24.9 Å². The van der Waals surface area contributed by atoms with Gasteiger partial charge >= 0.3 is 5.51 Å². The van der Waals surface area contributed by atoms with E-state index in [1.165, 1.54) is 0 Å². The zero-order valence-corrected chi connectivity index (χ0v) is 17.3. The maximum Gasteiger partial charge on any atom is 0.501 e. The van der Waals surface area contributed by atoms with Gasteiger partial charge in [-0.3, -0.25) is 4.79 Å². The van der Waals surface area contributed by atoms with E-state index in [0.29, 0.717) is 10.7 Å². The summed E-state index contributed by atoms with van der Waals surface area (Å²) in [4.78, 5) is 13.6. The summed E-state index contributed by atoms with van der Waals surface area (Å²) in [6.45, 7) is 1.76. The number of sulfone groups is 1. The molecule has 0 aliphatic carbocycles. The van der Waals surface area contributed by atoms with Crippen LogP contribution in [0.4, 0.5) is 24.5 Å². The maximum absolute atomic E-state index is 12.6. The molecule has 0 radical (unpaired) electrons. The summed E-state index contributed by atoms with van der Waals surface area (Å²) in [5.41, 5.74) is -4.10. The Bertz CT molecular complexity index is 1010. The second-order valence-corrected chi connectivity index (χ2v) is 9.77. The fourth-order valence-electron chi connectivity index (χ4n) is 2.77. The van der Waals surface area contributed by atoms with E-state index in [0.717, 1.165) is 54.5 Å². The Kier molecular flexibility index (Phi) is 6.35. The minimum absolute atomic E-state index is 0.0133. The second-order valence-electron chi connectivity index (χ2n) is 6.19. The van der Waals surface area contributed by atoms with Crippen molar-refractivity contribution in [2.24, 2.45) is 0 Å². The van der Waals surface area contributed by atoms with Crippen molar-refractivity contribution in [3.05, 3.63) is 53.1 Å². The molecule has 5 nitrogen and oxygen atoms in total. The van der Waals surface area contributed by atoms with Crippen LogP contribution in [-0.4, -0.2) is 44.4 Å². The molecule has 0 saturated carbocycles. The third kappa shape index (κ3) is 4.81. The van der Waals surface area contributed by atoms with Gasteiger partial charge < -0.3 is 10.2 Å². The van der Waals surface area contributed by atoms with Crippen molar-refractivity contribution in [2.45, 2.75) is 10.4 Å². The molecule has 2 aromatic rings. The average molecular weight is 465 g/mol. The van der Waals surface area contributed by atoms with E-state index in [2.05, 4.69) is 10.2 Å². The Morgan fingerprint density at radius 3 is 2.24 bits per heavy atom. The highest BCUT2D eigenvalue weighted by Gasteiger charge is 2.46. The summed E-state index contributed by atoms with van der Waals surface area (Å²) in [6.07, 6.45) is 0. The van der Waals surface area contributed by atoms with Gasteiger partial charge in [0.1, 0.15) is 0 Å². The first kappa shape index (κ1) is 21.8. The van der Waals surface area contributed by atoms with E-state index < -0.39 is 26.1 Å². The Hall–Kier alpha value is -1.91. The third-order valence-electron chi connectivity index (χ3n) is 4.29. The van der Waals surface area contributed by atoms with Crippen molar-refractivity contribution < 1.29 is 26.4 Å². The van der Waals surface area contributed by atoms with Crippen LogP contribution in [0.5, 0.6) is 0 Å². The van der Waals surface area contributed by atoms with Gasteiger partial charge in [-0.1, -0.05) is 11.6 Å². The van der Waals surface area contributed by atoms with Crippen molar-refractivity contribution in [1.29, 1.82) is 0 Å². The normalized spacial score (nSPS) is 15.2. The van der Waals surface area contributed by atoms with E-state index in [-0.39, 0.29) is 5.56 Å². The van der Waals surface area contributed by atoms with Crippen LogP contribution >= 0.6 is 23.4 Å². The van der Waals surface area contributed by atoms with Gasteiger partial charge in [0.05, 0.1) is 15.6 Å². The van der Waals surface area contributed by atoms with Gasteiger partial charge in [0, 0.05) is 35.8 Å². The number of nitrogens with zero attached hydrogens (tertiary/aromatic N) is 1. The Morgan fingerprint density at radius 1 is 1.07 bits per heavy atom. The number of benzene rings is 2. The fourth-order valence-corrected chi connectivity index (χ4v) is 4.73. The smallest absolute Gasteiger partial charge is 0.369 e. The Balaban J connectivity index is 1.72. The first-order valence-electron chi connectivity index (χ1n) is 8.44. The zero-order valence-electron chi connectivity index (χ0n) is 14.9. The highest BCUT2D eigenvalue weighted by molar-refractivity contribution is 7.99. The lowest BCUT2D eigenvalue weighted by Gasteiger charge is -2.29. The monoisotopic (exact) mass is 464 g/mol. The molecule has 1 heterocycles. The van der Waals surface area contributed by atoms with E-state index >= 15 is 0 Å². The number of carbonyl (C=O) groups excluding carboxylic acids is 1. The molecular weight excluding hydrogens is 449 g/mol. The topological polar surface area (TPSA) is 66.5 Å². The first-order valence-corrected chi connectivity index (χ1v) is 11.5. The quantitative estimate of drug-likeness (QED) is 0.724. The number of hydrogen-bond donors (Lipinski definition) is 1. The second kappa shape index (κ2) is 8.45. The molecule has 3 rings (SSSR count). The van der Waals surface area contributed by atoms with Gasteiger partial charge in [0.2, 0.25) is 0 Å². The van der Waals surface area contributed by atoms with Crippen LogP contribution < -0.4 is 10.2 Å². The number of amides is 1. The lowest BCUT2D eigenvalue weighted by atomic mass is 10.2. The lowest BCUT2D eigenvalue weighted by molar-refractivity contribution is -0.0436. The first-order chi connectivity index (χ1) is 13.6. The minimum atomic E-state index is -5.45. The molecule has 11 heteroatoms. The average Bonchev–Trinajstić information content (AvgIpc) is 2.68. The van der Waals surface area contributed by atoms with Crippen LogP contribution in [0.1, 0.15) is 10.4 Å². The van der Waals surface area contributed by atoms with E-state index in [1.54, 1.807) is 18.2 Å². The Labute approximate surface area is 175 Å². The number of nitrogens with one attached hydrogen (secondary N) is 1. The van der Waals surface area contributed by atoms with Crippen LogP contribution in [0.15, 0.2) is 47.4 Å². The predicted molar refractivity (Wildman–Crippen MR) is 109 cm³/mol. The molecule has 1 aliphatic rings. The highest BCUT2D eigenvalue weighted by atomic mass is 35.5. The maximum atomic E-state index is 12.6. The molecule has 1 saturated heterocycles. The molecule has 0 unspecified atom stereocenters. The molecule has 1 aliphatic heterocycles. The van der Waals surface area contributed by atoms with Crippen molar-refractivity contribution in [1.82, 2.24) is 0 Å². The minimum Gasteiger partial charge on any atom is -0.369 e. The molecule has 0 atom stereocenters. The summed E-state index contributed by atoms with van der Waals surface area (Å²) >= 11 is 8.20. The fraction of sp³-hybridized carbons (Fsp3) is 0.278. The number of rotatable bonds is 4. The zero-order chi connectivity index (χ0) is 21.2. The standard InChI is InChI=1S/C18H16ClF3N2O3S2/c19-15-11-13(3-6-16(15)24-7-9-28-10-8-24)23-17(25)12-1-4-14(5-2-12)29(26,27)18(20,21)22/h1-6,11H,7-10H2,(H,23,25). The van der Waals surface area contributed by atoms with E-state index in [1.807, 2.05) is 11.8 Å². The summed E-state index contributed by atoms with van der Waals surface area (Å²) in [7, 11) is -5.45. The number of alkyl halides is 3. The molecule has 0 spiro atoms. The molecule has 0 bridgehead atoms. The van der Waals surface area contributed by atoms with E-state index in [4.69, 9.17) is 11.6 Å². The number of carbonyl (C=O) groups is 1. The van der Waals surface area contributed by atoms with Crippen molar-refractivity contribution in [2.75, 3.05) is 34.8 Å². The van der Waals surface area contributed by atoms with Crippen LogP contribution in [-0.2, 0) is 9.84 Å². The van der Waals surface area contributed by atoms with Gasteiger partial charge in [-0.15, -0.1) is 0 Å². The van der Waals surface area contributed by atoms with Gasteiger partial charge in [-0.25, -0.2) is 8.42 Å². The molecule has 2 aromatic carbocycles. The largest absolute Gasteiger partial charge is 0.501 e. The molecule has 156 valence electrons. The predicted octanol–water partition coefficient (Wildman–Crippen LogP) is 4.44. The number of halogens is 4. The summed E-state index contributed by atoms with van der Waals surface area (Å²) in [5.74, 6) is 1.42. The molecule has 1 fully saturated rings. The van der Waals surface area contributed by atoms with Crippen LogP contribution in [0.25, 0.3) is 0 Å². The molecule has 29 heavy (non-hydrogen) atoms. The lowest BCUT2D eigenvalue weighted by Crippen LogP contribution is -2.32. The van der Waals surface area contributed by atoms with Crippen LogP contribution in [0.3, 0.4) is 0 Å². The number of anilines is 2. The van der Waals surface area contributed by atoms with Crippen molar-refractivity contribution >= 4 is 50.5 Å². The molecule has 1 N–H and O–H groups in total. The summed E-state index contributed by atoms with van der Waals surface area (Å²) in [5, 5.41) is 3.07. The van der Waals surface area contributed by atoms with Crippen LogP contribution in [0, 0.1) is 0 Å². The van der Waals surface area contributed by atoms with Gasteiger partial charge in [-0.05, 0) is 42.5 Å². The molecular formula is C18H16ClF3N2O3S2. The number of thioether (sulfide) groups is 1. The van der Waals surface area contributed by atoms with Crippen molar-refractivity contribution in [3.63, 3.8) is 0 Å². The SMILES string of the molecule is O=C(Nc1ccc(N2CCSCC2)c(Cl)c1)c1ccc(S(=O)(=O)C(F)(F)F)cc1. The van der Waals surface area contributed by atoms with Crippen molar-refractivity contribution in [3.8, 4) is 0 Å². The van der Waals surface area contributed by atoms with Gasteiger partial charge in [0.15, 0.2) is 0 Å². The van der Waals surface area contributed by atoms with Gasteiger partial charge in [0.25, 0.3) is 15.7 Å². The summed E-state index contributed by atoms with van der Waals surface area (Å²) < 4.78 is 60.5. The van der Waals surface area contributed by atoms with Crippen LogP contribution in [0.2, 0.25) is 5.02 Å².